The van der Waals surface area contributed by atoms with Crippen molar-refractivity contribution in [3.05, 3.63) is 34.0 Å². The van der Waals surface area contributed by atoms with Gasteiger partial charge in [-0.1, -0.05) is 0 Å². The van der Waals surface area contributed by atoms with Crippen LogP contribution in [0.4, 0.5) is 4.39 Å². The first-order valence-corrected chi connectivity index (χ1v) is 11.8. The van der Waals surface area contributed by atoms with Crippen molar-refractivity contribution in [1.82, 2.24) is 14.5 Å². The van der Waals surface area contributed by atoms with Gasteiger partial charge in [0.15, 0.2) is 0 Å². The van der Waals surface area contributed by atoms with Crippen molar-refractivity contribution in [2.75, 3.05) is 32.9 Å². The van der Waals surface area contributed by atoms with E-state index in [1.54, 1.807) is 13.0 Å². The van der Waals surface area contributed by atoms with Gasteiger partial charge in [0, 0.05) is 31.3 Å². The largest absolute Gasteiger partial charge is 0.379 e. The fourth-order valence-electron chi connectivity index (χ4n) is 5.39. The molecule has 0 spiro atoms. The first-order chi connectivity index (χ1) is 14.9. The predicted molar refractivity (Wildman–Crippen MR) is 127 cm³/mol. The fourth-order valence-corrected chi connectivity index (χ4v) is 5.39. The second-order valence-corrected chi connectivity index (χ2v) is 9.40. The second-order valence-electron chi connectivity index (χ2n) is 9.40. The van der Waals surface area contributed by atoms with Crippen LogP contribution in [0, 0.1) is 12.7 Å². The molecule has 2 fully saturated rings. The van der Waals surface area contributed by atoms with E-state index in [-0.39, 0.29) is 35.5 Å². The SMILES string of the molecule is CCOCCO[C@H]1CC[C@](C)(N2CCC(n3c(=O)[nH]c4cc(F)c(C)cc43)CC2)CC1.Cl. The summed E-state index contributed by atoms with van der Waals surface area (Å²) in [7, 11) is 0. The number of aromatic amines is 1. The van der Waals surface area contributed by atoms with Crippen molar-refractivity contribution in [3.63, 3.8) is 0 Å². The van der Waals surface area contributed by atoms with Crippen molar-refractivity contribution in [1.29, 1.82) is 0 Å². The van der Waals surface area contributed by atoms with E-state index in [9.17, 15) is 9.18 Å². The molecular weight excluding hydrogens is 433 g/mol. The topological polar surface area (TPSA) is 59.5 Å². The highest BCUT2D eigenvalue weighted by molar-refractivity contribution is 5.85. The third-order valence-corrected chi connectivity index (χ3v) is 7.39. The number of nitrogens with one attached hydrogen (secondary N) is 1. The smallest absolute Gasteiger partial charge is 0.326 e. The zero-order valence-corrected chi connectivity index (χ0v) is 20.3. The standard InChI is InChI=1S/C24H36FN3O3.ClH/c1-4-30-13-14-31-19-5-9-24(3,10-6-19)27-11-7-18(8-12-27)28-22-15-17(2)20(25)16-21(22)26-23(28)29;/h15-16,18-19H,4-14H2,1-3H3,(H,26,29);1H/t19-,24-;. The van der Waals surface area contributed by atoms with E-state index in [2.05, 4.69) is 16.8 Å². The maximum absolute atomic E-state index is 13.9. The number of rotatable bonds is 7. The lowest BCUT2D eigenvalue weighted by molar-refractivity contribution is -0.0450. The van der Waals surface area contributed by atoms with E-state index < -0.39 is 0 Å². The molecule has 1 aromatic carbocycles. The van der Waals surface area contributed by atoms with Crippen LogP contribution in [0.5, 0.6) is 0 Å². The maximum atomic E-state index is 13.9. The minimum Gasteiger partial charge on any atom is -0.379 e. The van der Waals surface area contributed by atoms with Crippen LogP contribution in [0.1, 0.15) is 64.0 Å². The second kappa shape index (κ2) is 10.7. The monoisotopic (exact) mass is 469 g/mol. The molecule has 0 amide bonds. The Hall–Kier alpha value is -1.41. The molecule has 1 aliphatic carbocycles. The molecule has 1 aromatic heterocycles. The first kappa shape index (κ1) is 25.2. The molecule has 1 saturated heterocycles. The van der Waals surface area contributed by atoms with Crippen LogP contribution in [0.3, 0.4) is 0 Å². The van der Waals surface area contributed by atoms with E-state index in [4.69, 9.17) is 9.47 Å². The van der Waals surface area contributed by atoms with Gasteiger partial charge in [0.25, 0.3) is 0 Å². The van der Waals surface area contributed by atoms with E-state index >= 15 is 0 Å². The number of nitrogens with zero attached hydrogens (tertiary/aromatic N) is 2. The summed E-state index contributed by atoms with van der Waals surface area (Å²) in [4.78, 5) is 18.1. The molecular formula is C24H37ClFN3O3. The molecule has 32 heavy (non-hydrogen) atoms. The highest BCUT2D eigenvalue weighted by atomic mass is 35.5. The Morgan fingerprint density at radius 1 is 1.16 bits per heavy atom. The van der Waals surface area contributed by atoms with Gasteiger partial charge in [-0.05, 0) is 77.0 Å². The molecule has 0 atom stereocenters. The first-order valence-electron chi connectivity index (χ1n) is 11.8. The van der Waals surface area contributed by atoms with Gasteiger partial charge in [0.2, 0.25) is 0 Å². The molecule has 0 bridgehead atoms. The van der Waals surface area contributed by atoms with Gasteiger partial charge in [-0.2, -0.15) is 0 Å². The molecule has 2 aliphatic rings. The van der Waals surface area contributed by atoms with Crippen LogP contribution in [0.25, 0.3) is 11.0 Å². The summed E-state index contributed by atoms with van der Waals surface area (Å²) >= 11 is 0. The summed E-state index contributed by atoms with van der Waals surface area (Å²) in [5, 5.41) is 0. The summed E-state index contributed by atoms with van der Waals surface area (Å²) < 4.78 is 27.1. The summed E-state index contributed by atoms with van der Waals surface area (Å²) in [6, 6.07) is 3.39. The summed E-state index contributed by atoms with van der Waals surface area (Å²) in [5.74, 6) is -0.277. The van der Waals surface area contributed by atoms with Gasteiger partial charge in [-0.25, -0.2) is 9.18 Å². The highest BCUT2D eigenvalue weighted by Crippen LogP contribution is 2.38. The van der Waals surface area contributed by atoms with E-state index in [1.165, 1.54) is 6.07 Å². The Morgan fingerprint density at radius 3 is 2.50 bits per heavy atom. The molecule has 1 N–H and O–H groups in total. The Balaban J connectivity index is 0.00000289. The number of halogens is 2. The number of aromatic nitrogens is 2. The number of aryl methyl sites for hydroxylation is 1. The minimum atomic E-state index is -0.277. The van der Waals surface area contributed by atoms with Crippen molar-refractivity contribution in [2.45, 2.75) is 77.0 Å². The molecule has 180 valence electrons. The van der Waals surface area contributed by atoms with Crippen molar-refractivity contribution in [3.8, 4) is 0 Å². The minimum absolute atomic E-state index is 0. The molecule has 2 heterocycles. The number of ether oxygens (including phenoxy) is 2. The third-order valence-electron chi connectivity index (χ3n) is 7.39. The zero-order valence-electron chi connectivity index (χ0n) is 19.5. The molecule has 1 aliphatic heterocycles. The van der Waals surface area contributed by atoms with Crippen LogP contribution < -0.4 is 5.69 Å². The average Bonchev–Trinajstić information content (AvgIpc) is 3.07. The lowest BCUT2D eigenvalue weighted by Gasteiger charge is -2.48. The van der Waals surface area contributed by atoms with Gasteiger partial charge in [0.05, 0.1) is 30.4 Å². The van der Waals surface area contributed by atoms with Gasteiger partial charge in [-0.3, -0.25) is 9.47 Å². The normalized spacial score (nSPS) is 25.2. The van der Waals surface area contributed by atoms with Crippen molar-refractivity contribution < 1.29 is 13.9 Å². The Labute approximate surface area is 195 Å². The van der Waals surface area contributed by atoms with Crippen LogP contribution in [-0.2, 0) is 9.47 Å². The Kier molecular flexibility index (Phi) is 8.42. The number of benzene rings is 1. The molecule has 0 radical (unpaired) electrons. The van der Waals surface area contributed by atoms with Crippen LogP contribution >= 0.6 is 12.4 Å². The lowest BCUT2D eigenvalue weighted by Crippen LogP contribution is -2.53. The number of fused-ring (bicyclic) bond motifs is 1. The van der Waals surface area contributed by atoms with Crippen molar-refractivity contribution in [2.24, 2.45) is 0 Å². The van der Waals surface area contributed by atoms with Crippen LogP contribution in [-0.4, -0.2) is 59.0 Å². The lowest BCUT2D eigenvalue weighted by atomic mass is 9.79. The Morgan fingerprint density at radius 2 is 1.84 bits per heavy atom. The fraction of sp³-hybridized carbons (Fsp3) is 0.708. The molecule has 0 unspecified atom stereocenters. The van der Waals surface area contributed by atoms with E-state index in [1.807, 2.05) is 11.5 Å². The predicted octanol–water partition coefficient (Wildman–Crippen LogP) is 4.59. The van der Waals surface area contributed by atoms with E-state index in [0.717, 1.165) is 63.7 Å². The summed E-state index contributed by atoms with van der Waals surface area (Å²) in [6.45, 7) is 10.2. The number of likely N-dealkylation sites (tertiary alicyclic amines) is 1. The quantitative estimate of drug-likeness (QED) is 0.602. The number of hydrogen-bond acceptors (Lipinski definition) is 4. The molecule has 4 rings (SSSR count). The molecule has 6 nitrogen and oxygen atoms in total. The zero-order chi connectivity index (χ0) is 22.0. The third kappa shape index (κ3) is 5.22. The number of piperidine rings is 1. The van der Waals surface area contributed by atoms with E-state index in [0.29, 0.717) is 30.4 Å². The van der Waals surface area contributed by atoms with Gasteiger partial charge in [0.1, 0.15) is 5.82 Å². The maximum Gasteiger partial charge on any atom is 0.326 e. The van der Waals surface area contributed by atoms with Gasteiger partial charge < -0.3 is 14.5 Å². The van der Waals surface area contributed by atoms with Crippen LogP contribution in [0.15, 0.2) is 16.9 Å². The molecule has 2 aromatic rings. The number of hydrogen-bond donors (Lipinski definition) is 1. The Bertz CT molecular complexity index is 944. The van der Waals surface area contributed by atoms with Crippen molar-refractivity contribution >= 4 is 23.4 Å². The molecule has 1 saturated carbocycles. The summed E-state index contributed by atoms with van der Waals surface area (Å²) in [6.07, 6.45) is 6.69. The van der Waals surface area contributed by atoms with Gasteiger partial charge >= 0.3 is 5.69 Å². The number of H-pyrrole nitrogens is 1. The molecule has 8 heteroatoms. The van der Waals surface area contributed by atoms with Crippen LogP contribution in [0.2, 0.25) is 0 Å². The summed E-state index contributed by atoms with van der Waals surface area (Å²) in [5.41, 5.74) is 2.05. The average molecular weight is 470 g/mol. The van der Waals surface area contributed by atoms with Gasteiger partial charge in [-0.15, -0.1) is 12.4 Å². The highest BCUT2D eigenvalue weighted by Gasteiger charge is 2.38. The number of imidazole rings is 1.